The van der Waals surface area contributed by atoms with Crippen LogP contribution in [0.3, 0.4) is 0 Å². The summed E-state index contributed by atoms with van der Waals surface area (Å²) in [5.41, 5.74) is -0.632. The zero-order valence-corrected chi connectivity index (χ0v) is 6.14. The molecule has 0 aromatic heterocycles. The fraction of sp³-hybridized carbons (Fsp3) is 1.00. The molecule has 1 fully saturated rings. The van der Waals surface area contributed by atoms with Gasteiger partial charge in [0.05, 0.1) is 5.60 Å². The van der Waals surface area contributed by atoms with Crippen molar-refractivity contribution in [2.75, 3.05) is 19.7 Å². The van der Waals surface area contributed by atoms with Crippen LogP contribution in [0.4, 0.5) is 0 Å². The van der Waals surface area contributed by atoms with Crippen LogP contribution >= 0.6 is 0 Å². The molecule has 1 aliphatic heterocycles. The van der Waals surface area contributed by atoms with Crippen molar-refractivity contribution in [2.45, 2.75) is 24.9 Å². The summed E-state index contributed by atoms with van der Waals surface area (Å²) in [6, 6.07) is 0. The lowest BCUT2D eigenvalue weighted by Gasteiger charge is -2.31. The van der Waals surface area contributed by atoms with Crippen LogP contribution in [-0.4, -0.2) is 35.5 Å². The molecule has 10 heavy (non-hydrogen) atoms. The van der Waals surface area contributed by atoms with Gasteiger partial charge in [0.15, 0.2) is 0 Å². The van der Waals surface area contributed by atoms with E-state index in [9.17, 15) is 5.11 Å². The monoisotopic (exact) mass is 145 g/mol. The fourth-order valence-corrected chi connectivity index (χ4v) is 1.37. The molecule has 0 radical (unpaired) electrons. The average Bonchev–Trinajstić information content (AvgIpc) is 1.89. The Morgan fingerprint density at radius 3 is 2.80 bits per heavy atom. The standard InChI is InChI=1S/C7H15NO2/c9-5-3-7(10)2-1-4-8-6-7/h8-10H,1-6H2/t7-/m0/s1. The molecule has 0 spiro atoms. The first-order chi connectivity index (χ1) is 4.77. The predicted octanol–water partition coefficient (Wildman–Crippen LogP) is -0.517. The van der Waals surface area contributed by atoms with Crippen LogP contribution in [0.2, 0.25) is 0 Å². The number of aliphatic hydroxyl groups is 2. The van der Waals surface area contributed by atoms with Crippen LogP contribution in [0.5, 0.6) is 0 Å². The highest BCUT2D eigenvalue weighted by molar-refractivity contribution is 4.84. The number of β-amino-alcohol motifs (C(OH)–C–C–N with tert-alkyl or cyclic N) is 1. The van der Waals surface area contributed by atoms with Gasteiger partial charge in [-0.3, -0.25) is 0 Å². The Balaban J connectivity index is 2.32. The van der Waals surface area contributed by atoms with Gasteiger partial charge < -0.3 is 15.5 Å². The molecule has 0 unspecified atom stereocenters. The minimum absolute atomic E-state index is 0.0815. The molecule has 1 rings (SSSR count). The molecule has 0 saturated carbocycles. The second-order valence-electron chi connectivity index (χ2n) is 2.98. The summed E-state index contributed by atoms with van der Waals surface area (Å²) in [6.45, 7) is 1.71. The predicted molar refractivity (Wildman–Crippen MR) is 38.8 cm³/mol. The van der Waals surface area contributed by atoms with Gasteiger partial charge >= 0.3 is 0 Å². The van der Waals surface area contributed by atoms with Crippen LogP contribution in [0.1, 0.15) is 19.3 Å². The number of hydrogen-bond donors (Lipinski definition) is 3. The lowest BCUT2D eigenvalue weighted by atomic mass is 9.91. The molecular formula is C7H15NO2. The Hall–Kier alpha value is -0.120. The molecule has 0 bridgehead atoms. The van der Waals surface area contributed by atoms with E-state index in [2.05, 4.69) is 5.32 Å². The second kappa shape index (κ2) is 3.32. The van der Waals surface area contributed by atoms with Gasteiger partial charge in [-0.05, 0) is 19.4 Å². The number of hydrogen-bond acceptors (Lipinski definition) is 3. The molecule has 0 aliphatic carbocycles. The van der Waals surface area contributed by atoms with Crippen molar-refractivity contribution in [1.82, 2.24) is 5.32 Å². The maximum atomic E-state index is 9.65. The highest BCUT2D eigenvalue weighted by atomic mass is 16.3. The third-order valence-electron chi connectivity index (χ3n) is 2.03. The summed E-state index contributed by atoms with van der Waals surface area (Å²) in [4.78, 5) is 0. The van der Waals surface area contributed by atoms with Gasteiger partial charge in [-0.25, -0.2) is 0 Å². The molecule has 1 aliphatic rings. The summed E-state index contributed by atoms with van der Waals surface area (Å²) < 4.78 is 0. The topological polar surface area (TPSA) is 52.5 Å². The molecule has 3 heteroatoms. The minimum atomic E-state index is -0.632. The number of rotatable bonds is 2. The Bertz CT molecular complexity index is 94.3. The number of piperidine rings is 1. The molecule has 0 amide bonds. The lowest BCUT2D eigenvalue weighted by Crippen LogP contribution is -2.46. The van der Waals surface area contributed by atoms with E-state index < -0.39 is 5.60 Å². The molecule has 3 N–H and O–H groups in total. The zero-order valence-electron chi connectivity index (χ0n) is 6.14. The van der Waals surface area contributed by atoms with Crippen molar-refractivity contribution in [2.24, 2.45) is 0 Å². The summed E-state index contributed by atoms with van der Waals surface area (Å²) in [5, 5.41) is 21.3. The van der Waals surface area contributed by atoms with Crippen molar-refractivity contribution in [3.63, 3.8) is 0 Å². The quantitative estimate of drug-likeness (QED) is 0.490. The molecule has 0 aromatic carbocycles. The van der Waals surface area contributed by atoms with Crippen LogP contribution in [0, 0.1) is 0 Å². The molecular weight excluding hydrogens is 130 g/mol. The first kappa shape index (κ1) is 7.98. The van der Waals surface area contributed by atoms with Crippen LogP contribution in [0.25, 0.3) is 0 Å². The van der Waals surface area contributed by atoms with E-state index >= 15 is 0 Å². The van der Waals surface area contributed by atoms with Crippen molar-refractivity contribution < 1.29 is 10.2 Å². The van der Waals surface area contributed by atoms with E-state index in [0.717, 1.165) is 19.4 Å². The Morgan fingerprint density at radius 2 is 2.30 bits per heavy atom. The first-order valence-corrected chi connectivity index (χ1v) is 3.81. The number of nitrogens with one attached hydrogen (secondary N) is 1. The van der Waals surface area contributed by atoms with E-state index in [1.807, 2.05) is 0 Å². The van der Waals surface area contributed by atoms with Crippen LogP contribution < -0.4 is 5.32 Å². The highest BCUT2D eigenvalue weighted by Crippen LogP contribution is 2.18. The summed E-state index contributed by atoms with van der Waals surface area (Å²) in [6.07, 6.45) is 2.33. The van der Waals surface area contributed by atoms with Crippen molar-refractivity contribution >= 4 is 0 Å². The fourth-order valence-electron chi connectivity index (χ4n) is 1.37. The van der Waals surface area contributed by atoms with Crippen molar-refractivity contribution in [1.29, 1.82) is 0 Å². The van der Waals surface area contributed by atoms with Crippen molar-refractivity contribution in [3.8, 4) is 0 Å². The summed E-state index contributed by atoms with van der Waals surface area (Å²) in [7, 11) is 0. The second-order valence-corrected chi connectivity index (χ2v) is 2.98. The van der Waals surface area contributed by atoms with E-state index in [0.29, 0.717) is 13.0 Å². The Kier molecular flexibility index (Phi) is 2.65. The van der Waals surface area contributed by atoms with Crippen LogP contribution in [0.15, 0.2) is 0 Å². The molecule has 60 valence electrons. The largest absolute Gasteiger partial charge is 0.396 e. The van der Waals surface area contributed by atoms with Gasteiger partial charge in [-0.15, -0.1) is 0 Å². The Morgan fingerprint density at radius 1 is 1.50 bits per heavy atom. The van der Waals surface area contributed by atoms with E-state index in [4.69, 9.17) is 5.11 Å². The highest BCUT2D eigenvalue weighted by Gasteiger charge is 2.27. The normalized spacial score (nSPS) is 34.2. The lowest BCUT2D eigenvalue weighted by molar-refractivity contribution is -0.00454. The third-order valence-corrected chi connectivity index (χ3v) is 2.03. The first-order valence-electron chi connectivity index (χ1n) is 3.81. The minimum Gasteiger partial charge on any atom is -0.396 e. The van der Waals surface area contributed by atoms with Gasteiger partial charge in [0.25, 0.3) is 0 Å². The van der Waals surface area contributed by atoms with Gasteiger partial charge in [-0.1, -0.05) is 0 Å². The Labute approximate surface area is 61.1 Å². The SMILES string of the molecule is OCC[C@@]1(O)CCCNC1. The molecule has 0 aromatic rings. The molecule has 1 atom stereocenters. The average molecular weight is 145 g/mol. The maximum Gasteiger partial charge on any atom is 0.0793 e. The van der Waals surface area contributed by atoms with E-state index in [1.54, 1.807) is 0 Å². The van der Waals surface area contributed by atoms with Gasteiger partial charge in [-0.2, -0.15) is 0 Å². The smallest absolute Gasteiger partial charge is 0.0793 e. The molecule has 3 nitrogen and oxygen atoms in total. The zero-order chi connectivity index (χ0) is 7.45. The van der Waals surface area contributed by atoms with E-state index in [1.165, 1.54) is 0 Å². The summed E-state index contributed by atoms with van der Waals surface area (Å²) in [5.74, 6) is 0. The van der Waals surface area contributed by atoms with Crippen LogP contribution in [-0.2, 0) is 0 Å². The van der Waals surface area contributed by atoms with Gasteiger partial charge in [0.2, 0.25) is 0 Å². The molecule has 1 saturated heterocycles. The van der Waals surface area contributed by atoms with Gasteiger partial charge in [0.1, 0.15) is 0 Å². The molecule has 1 heterocycles. The van der Waals surface area contributed by atoms with Gasteiger partial charge in [0, 0.05) is 19.6 Å². The third kappa shape index (κ3) is 1.94. The van der Waals surface area contributed by atoms with Crippen molar-refractivity contribution in [3.05, 3.63) is 0 Å². The maximum absolute atomic E-state index is 9.65. The number of aliphatic hydroxyl groups excluding tert-OH is 1. The summed E-state index contributed by atoms with van der Waals surface area (Å²) >= 11 is 0. The van der Waals surface area contributed by atoms with E-state index in [-0.39, 0.29) is 6.61 Å².